The molecule has 0 aliphatic carbocycles. The topological polar surface area (TPSA) is 44.5 Å². The van der Waals surface area contributed by atoms with Crippen LogP contribution >= 0.6 is 11.6 Å². The highest BCUT2D eigenvalue weighted by atomic mass is 35.5. The van der Waals surface area contributed by atoms with Gasteiger partial charge in [-0.3, -0.25) is 0 Å². The normalized spacial score (nSPS) is 12.0. The summed E-state index contributed by atoms with van der Waals surface area (Å²) < 4.78 is 24.3. The van der Waals surface area contributed by atoms with Crippen molar-refractivity contribution >= 4 is 11.6 Å². The molecule has 0 saturated heterocycles. The molecule has 0 aliphatic heterocycles. The summed E-state index contributed by atoms with van der Waals surface area (Å²) >= 11 is 6.03. The molecule has 0 aromatic heterocycles. The first-order chi connectivity index (χ1) is 10.1. The van der Waals surface area contributed by atoms with Crippen molar-refractivity contribution < 1.29 is 13.9 Å². The average Bonchev–Trinajstić information content (AvgIpc) is 2.46. The molecular formula is C16H17ClFNO2. The second-order valence-corrected chi connectivity index (χ2v) is 5.04. The number of nitrogens with two attached hydrogens (primary N) is 1. The van der Waals surface area contributed by atoms with Crippen LogP contribution in [0.15, 0.2) is 36.4 Å². The molecule has 21 heavy (non-hydrogen) atoms. The van der Waals surface area contributed by atoms with E-state index in [9.17, 15) is 4.39 Å². The zero-order valence-corrected chi connectivity index (χ0v) is 12.7. The molecule has 2 rings (SSSR count). The van der Waals surface area contributed by atoms with E-state index in [1.54, 1.807) is 32.4 Å². The summed E-state index contributed by atoms with van der Waals surface area (Å²) in [6.07, 6.45) is 0.445. The molecule has 1 unspecified atom stereocenters. The Kier molecular flexibility index (Phi) is 5.04. The lowest BCUT2D eigenvalue weighted by molar-refractivity contribution is 0.354. The maximum Gasteiger partial charge on any atom is 0.160 e. The zero-order chi connectivity index (χ0) is 15.4. The molecule has 5 heteroatoms. The van der Waals surface area contributed by atoms with Crippen molar-refractivity contribution in [3.8, 4) is 11.5 Å². The summed E-state index contributed by atoms with van der Waals surface area (Å²) in [6.45, 7) is 0. The predicted octanol–water partition coefficient (Wildman–Crippen LogP) is 3.74. The van der Waals surface area contributed by atoms with Crippen molar-refractivity contribution in [1.82, 2.24) is 0 Å². The van der Waals surface area contributed by atoms with Crippen LogP contribution in [0.5, 0.6) is 11.5 Å². The standard InChI is InChI=1S/C16H17ClFNO2/c1-20-14-7-6-10(9-15(14)21-2)8-13(19)16-11(17)4-3-5-12(16)18/h3-7,9,13H,8,19H2,1-2H3. The summed E-state index contributed by atoms with van der Waals surface area (Å²) in [4.78, 5) is 0. The maximum atomic E-state index is 13.9. The van der Waals surface area contributed by atoms with Crippen LogP contribution < -0.4 is 15.2 Å². The summed E-state index contributed by atoms with van der Waals surface area (Å²) in [5.41, 5.74) is 7.34. The van der Waals surface area contributed by atoms with Crippen molar-refractivity contribution in [3.05, 3.63) is 58.4 Å². The fourth-order valence-electron chi connectivity index (χ4n) is 2.23. The van der Waals surface area contributed by atoms with Gasteiger partial charge in [0.25, 0.3) is 0 Å². The lowest BCUT2D eigenvalue weighted by Crippen LogP contribution is -2.15. The number of halogens is 2. The van der Waals surface area contributed by atoms with Gasteiger partial charge in [0.05, 0.1) is 14.2 Å². The number of hydrogen-bond donors (Lipinski definition) is 1. The van der Waals surface area contributed by atoms with Gasteiger partial charge in [-0.2, -0.15) is 0 Å². The van der Waals surface area contributed by atoms with Gasteiger partial charge in [-0.1, -0.05) is 23.7 Å². The van der Waals surface area contributed by atoms with Crippen molar-refractivity contribution in [2.75, 3.05) is 14.2 Å². The smallest absolute Gasteiger partial charge is 0.160 e. The molecule has 0 saturated carbocycles. The van der Waals surface area contributed by atoms with Gasteiger partial charge in [0.15, 0.2) is 11.5 Å². The molecule has 0 aliphatic rings. The van der Waals surface area contributed by atoms with Crippen LogP contribution in [0.1, 0.15) is 17.2 Å². The lowest BCUT2D eigenvalue weighted by Gasteiger charge is -2.16. The summed E-state index contributed by atoms with van der Waals surface area (Å²) in [5.74, 6) is 0.857. The Morgan fingerprint density at radius 3 is 2.48 bits per heavy atom. The molecule has 0 spiro atoms. The predicted molar refractivity (Wildman–Crippen MR) is 81.6 cm³/mol. The molecule has 0 bridgehead atoms. The van der Waals surface area contributed by atoms with E-state index in [1.807, 2.05) is 12.1 Å². The Balaban J connectivity index is 2.25. The van der Waals surface area contributed by atoms with Crippen LogP contribution in [0.3, 0.4) is 0 Å². The minimum atomic E-state index is -0.531. The van der Waals surface area contributed by atoms with Crippen LogP contribution in [-0.2, 0) is 6.42 Å². The van der Waals surface area contributed by atoms with E-state index in [4.69, 9.17) is 26.8 Å². The van der Waals surface area contributed by atoms with Gasteiger partial charge >= 0.3 is 0 Å². The van der Waals surface area contributed by atoms with Crippen molar-refractivity contribution in [1.29, 1.82) is 0 Å². The SMILES string of the molecule is COc1ccc(CC(N)c2c(F)cccc2Cl)cc1OC. The Morgan fingerprint density at radius 2 is 1.86 bits per heavy atom. The first-order valence-corrected chi connectivity index (χ1v) is 6.85. The van der Waals surface area contributed by atoms with E-state index < -0.39 is 11.9 Å². The van der Waals surface area contributed by atoms with Crippen molar-refractivity contribution in [2.45, 2.75) is 12.5 Å². The number of benzene rings is 2. The number of hydrogen-bond acceptors (Lipinski definition) is 3. The third-order valence-electron chi connectivity index (χ3n) is 3.27. The second-order valence-electron chi connectivity index (χ2n) is 4.64. The summed E-state index contributed by atoms with van der Waals surface area (Å²) in [7, 11) is 3.14. The fraction of sp³-hybridized carbons (Fsp3) is 0.250. The molecular weight excluding hydrogens is 293 g/mol. The molecule has 2 N–H and O–H groups in total. The van der Waals surface area contributed by atoms with Gasteiger partial charge in [-0.05, 0) is 36.2 Å². The van der Waals surface area contributed by atoms with Gasteiger partial charge in [0.2, 0.25) is 0 Å². The Morgan fingerprint density at radius 1 is 1.14 bits per heavy atom. The van der Waals surface area contributed by atoms with Crippen LogP contribution in [0.2, 0.25) is 5.02 Å². The first kappa shape index (κ1) is 15.6. The Labute approximate surface area is 128 Å². The van der Waals surface area contributed by atoms with Gasteiger partial charge in [-0.25, -0.2) is 4.39 Å². The van der Waals surface area contributed by atoms with E-state index in [1.165, 1.54) is 6.07 Å². The van der Waals surface area contributed by atoms with Gasteiger partial charge < -0.3 is 15.2 Å². The molecule has 3 nitrogen and oxygen atoms in total. The number of ether oxygens (including phenoxy) is 2. The monoisotopic (exact) mass is 309 g/mol. The Bertz CT molecular complexity index is 613. The largest absolute Gasteiger partial charge is 0.493 e. The summed E-state index contributed by atoms with van der Waals surface area (Å²) in [5, 5.41) is 0.336. The van der Waals surface area contributed by atoms with Crippen LogP contribution in [0.4, 0.5) is 4.39 Å². The highest BCUT2D eigenvalue weighted by molar-refractivity contribution is 6.31. The zero-order valence-electron chi connectivity index (χ0n) is 11.9. The number of rotatable bonds is 5. The highest BCUT2D eigenvalue weighted by Gasteiger charge is 2.16. The molecule has 112 valence electrons. The Hall–Kier alpha value is -1.78. The van der Waals surface area contributed by atoms with Crippen molar-refractivity contribution in [3.63, 3.8) is 0 Å². The van der Waals surface area contributed by atoms with Gasteiger partial charge in [-0.15, -0.1) is 0 Å². The van der Waals surface area contributed by atoms with Crippen molar-refractivity contribution in [2.24, 2.45) is 5.73 Å². The molecule has 1 atom stereocenters. The third-order valence-corrected chi connectivity index (χ3v) is 3.60. The number of methoxy groups -OCH3 is 2. The molecule has 0 heterocycles. The minimum Gasteiger partial charge on any atom is -0.493 e. The van der Waals surface area contributed by atoms with Crippen LogP contribution in [-0.4, -0.2) is 14.2 Å². The van der Waals surface area contributed by atoms with E-state index in [0.717, 1.165) is 5.56 Å². The minimum absolute atomic E-state index is 0.328. The molecule has 0 amide bonds. The summed E-state index contributed by atoms with van der Waals surface area (Å²) in [6, 6.07) is 9.51. The van der Waals surface area contributed by atoms with Crippen LogP contribution in [0, 0.1) is 5.82 Å². The van der Waals surface area contributed by atoms with E-state index in [2.05, 4.69) is 0 Å². The second kappa shape index (κ2) is 6.78. The lowest BCUT2D eigenvalue weighted by atomic mass is 9.99. The average molecular weight is 310 g/mol. The molecule has 2 aromatic carbocycles. The molecule has 2 aromatic rings. The van der Waals surface area contributed by atoms with E-state index in [0.29, 0.717) is 28.5 Å². The first-order valence-electron chi connectivity index (χ1n) is 6.47. The van der Waals surface area contributed by atoms with Gasteiger partial charge in [0.1, 0.15) is 5.82 Å². The van der Waals surface area contributed by atoms with Gasteiger partial charge in [0, 0.05) is 16.6 Å². The van der Waals surface area contributed by atoms with E-state index >= 15 is 0 Å². The van der Waals surface area contributed by atoms with E-state index in [-0.39, 0.29) is 0 Å². The maximum absolute atomic E-state index is 13.9. The fourth-order valence-corrected chi connectivity index (χ4v) is 2.53. The third kappa shape index (κ3) is 3.46. The molecule has 0 radical (unpaired) electrons. The highest BCUT2D eigenvalue weighted by Crippen LogP contribution is 2.31. The van der Waals surface area contributed by atoms with Crippen LogP contribution in [0.25, 0.3) is 0 Å². The molecule has 0 fully saturated rings. The quantitative estimate of drug-likeness (QED) is 0.915.